The number of carbonyl (C=O) groups excluding carboxylic acids is 2. The molecule has 0 radical (unpaired) electrons. The number of rotatable bonds is 6. The number of hydrogen-bond donors (Lipinski definition) is 1. The van der Waals surface area contributed by atoms with E-state index in [0.717, 1.165) is 11.3 Å². The second kappa shape index (κ2) is 8.33. The summed E-state index contributed by atoms with van der Waals surface area (Å²) >= 11 is 0. The van der Waals surface area contributed by atoms with Crippen molar-refractivity contribution >= 4 is 17.5 Å². The van der Waals surface area contributed by atoms with Gasteiger partial charge in [0.05, 0.1) is 0 Å². The van der Waals surface area contributed by atoms with Crippen LogP contribution in [-0.2, 0) is 6.42 Å². The number of benzene rings is 2. The largest absolute Gasteiger partial charge is 0.378 e. The van der Waals surface area contributed by atoms with Crippen LogP contribution in [0.5, 0.6) is 0 Å². The Labute approximate surface area is 149 Å². The lowest BCUT2D eigenvalue weighted by molar-refractivity contribution is 0.0827. The molecule has 0 aliphatic carbocycles. The highest BCUT2D eigenvalue weighted by molar-refractivity contribution is 5.95. The van der Waals surface area contributed by atoms with E-state index in [1.807, 2.05) is 61.5 Å². The third kappa shape index (κ3) is 5.08. The van der Waals surface area contributed by atoms with E-state index in [2.05, 4.69) is 5.32 Å². The summed E-state index contributed by atoms with van der Waals surface area (Å²) in [5.41, 5.74) is 3.38. The summed E-state index contributed by atoms with van der Waals surface area (Å²) in [5, 5.41) is 2.92. The molecule has 2 aromatic rings. The standard InChI is InChI=1S/C20H25N3O2/c1-22(2)18-10-8-16(9-11-18)19(24)21-13-12-15-6-5-7-17(14-15)20(25)23(3)4/h5-11,14H,12-13H2,1-4H3,(H,21,24). The van der Waals surface area contributed by atoms with Crippen molar-refractivity contribution in [3.63, 3.8) is 0 Å². The Kier molecular flexibility index (Phi) is 6.17. The Hall–Kier alpha value is -2.82. The molecular weight excluding hydrogens is 314 g/mol. The maximum absolute atomic E-state index is 12.2. The van der Waals surface area contributed by atoms with Crippen molar-refractivity contribution in [1.82, 2.24) is 10.2 Å². The highest BCUT2D eigenvalue weighted by atomic mass is 16.2. The summed E-state index contributed by atoms with van der Waals surface area (Å²) in [6, 6.07) is 15.0. The molecule has 2 aromatic carbocycles. The molecule has 0 unspecified atom stereocenters. The van der Waals surface area contributed by atoms with Gasteiger partial charge in [-0.3, -0.25) is 9.59 Å². The second-order valence-corrected chi connectivity index (χ2v) is 6.35. The number of nitrogens with one attached hydrogen (secondary N) is 1. The fraction of sp³-hybridized carbons (Fsp3) is 0.300. The van der Waals surface area contributed by atoms with Crippen molar-refractivity contribution < 1.29 is 9.59 Å². The summed E-state index contributed by atoms with van der Waals surface area (Å²) in [5.74, 6) is -0.113. The smallest absolute Gasteiger partial charge is 0.253 e. The quantitative estimate of drug-likeness (QED) is 0.879. The molecule has 25 heavy (non-hydrogen) atoms. The monoisotopic (exact) mass is 339 g/mol. The Morgan fingerprint density at radius 2 is 1.60 bits per heavy atom. The van der Waals surface area contributed by atoms with Crippen molar-refractivity contribution in [2.45, 2.75) is 6.42 Å². The highest BCUT2D eigenvalue weighted by Gasteiger charge is 2.09. The van der Waals surface area contributed by atoms with E-state index in [1.54, 1.807) is 25.1 Å². The summed E-state index contributed by atoms with van der Waals surface area (Å²) < 4.78 is 0. The summed E-state index contributed by atoms with van der Waals surface area (Å²) in [7, 11) is 7.39. The average molecular weight is 339 g/mol. The van der Waals surface area contributed by atoms with Gasteiger partial charge in [0.1, 0.15) is 0 Å². The maximum atomic E-state index is 12.2. The molecule has 0 aliphatic rings. The normalized spacial score (nSPS) is 10.2. The molecule has 0 saturated heterocycles. The van der Waals surface area contributed by atoms with E-state index in [1.165, 1.54) is 0 Å². The number of anilines is 1. The van der Waals surface area contributed by atoms with Crippen molar-refractivity contribution in [3.05, 3.63) is 65.2 Å². The molecule has 0 aliphatic heterocycles. The number of nitrogens with zero attached hydrogens (tertiary/aromatic N) is 2. The van der Waals surface area contributed by atoms with E-state index >= 15 is 0 Å². The molecule has 0 atom stereocenters. The Morgan fingerprint density at radius 3 is 2.20 bits per heavy atom. The Morgan fingerprint density at radius 1 is 0.920 bits per heavy atom. The summed E-state index contributed by atoms with van der Waals surface area (Å²) in [6.07, 6.45) is 0.677. The lowest BCUT2D eigenvalue weighted by Gasteiger charge is -2.13. The Balaban J connectivity index is 1.91. The molecule has 2 amide bonds. The van der Waals surface area contributed by atoms with Gasteiger partial charge in [-0.1, -0.05) is 12.1 Å². The predicted octanol–water partition coefficient (Wildman–Crippen LogP) is 2.43. The Bertz CT molecular complexity index is 737. The number of hydrogen-bond acceptors (Lipinski definition) is 3. The average Bonchev–Trinajstić information content (AvgIpc) is 2.61. The van der Waals surface area contributed by atoms with E-state index < -0.39 is 0 Å². The van der Waals surface area contributed by atoms with Crippen molar-refractivity contribution in [1.29, 1.82) is 0 Å². The minimum Gasteiger partial charge on any atom is -0.378 e. The fourth-order valence-electron chi connectivity index (χ4n) is 2.45. The van der Waals surface area contributed by atoms with Crippen LogP contribution in [0.1, 0.15) is 26.3 Å². The molecule has 0 bridgehead atoms. The molecule has 0 aromatic heterocycles. The molecule has 2 rings (SSSR count). The molecule has 0 saturated carbocycles. The lowest BCUT2D eigenvalue weighted by atomic mass is 10.1. The van der Waals surface area contributed by atoms with Crippen LogP contribution in [0.4, 0.5) is 5.69 Å². The van der Waals surface area contributed by atoms with Crippen LogP contribution < -0.4 is 10.2 Å². The van der Waals surface area contributed by atoms with Gasteiger partial charge in [-0.05, 0) is 48.4 Å². The van der Waals surface area contributed by atoms with Crippen molar-refractivity contribution in [2.75, 3.05) is 39.6 Å². The van der Waals surface area contributed by atoms with Gasteiger partial charge in [-0.25, -0.2) is 0 Å². The van der Waals surface area contributed by atoms with Crippen LogP contribution >= 0.6 is 0 Å². The van der Waals surface area contributed by atoms with Gasteiger partial charge in [0.25, 0.3) is 11.8 Å². The molecule has 0 spiro atoms. The van der Waals surface area contributed by atoms with E-state index in [-0.39, 0.29) is 11.8 Å². The SMILES string of the molecule is CN(C)C(=O)c1cccc(CCNC(=O)c2ccc(N(C)C)cc2)c1. The first-order chi connectivity index (χ1) is 11.9. The van der Waals surface area contributed by atoms with Crippen LogP contribution in [0, 0.1) is 0 Å². The van der Waals surface area contributed by atoms with Crippen molar-refractivity contribution in [2.24, 2.45) is 0 Å². The van der Waals surface area contributed by atoms with Crippen LogP contribution in [-0.4, -0.2) is 51.4 Å². The van der Waals surface area contributed by atoms with E-state index in [4.69, 9.17) is 0 Å². The zero-order valence-corrected chi connectivity index (χ0v) is 15.2. The van der Waals surface area contributed by atoms with Crippen LogP contribution in [0.2, 0.25) is 0 Å². The summed E-state index contributed by atoms with van der Waals surface area (Å²) in [6.45, 7) is 0.522. The van der Waals surface area contributed by atoms with Gasteiger partial charge >= 0.3 is 0 Å². The molecular formula is C20H25N3O2. The first-order valence-corrected chi connectivity index (χ1v) is 8.24. The minimum atomic E-state index is -0.0918. The second-order valence-electron chi connectivity index (χ2n) is 6.35. The zero-order valence-electron chi connectivity index (χ0n) is 15.2. The molecule has 5 heteroatoms. The van der Waals surface area contributed by atoms with Gasteiger partial charge in [-0.2, -0.15) is 0 Å². The van der Waals surface area contributed by atoms with Crippen LogP contribution in [0.15, 0.2) is 48.5 Å². The lowest BCUT2D eigenvalue weighted by Crippen LogP contribution is -2.26. The molecule has 5 nitrogen and oxygen atoms in total. The topological polar surface area (TPSA) is 52.7 Å². The van der Waals surface area contributed by atoms with Gasteiger partial charge in [0, 0.05) is 51.5 Å². The first kappa shape index (κ1) is 18.5. The predicted molar refractivity (Wildman–Crippen MR) is 101 cm³/mol. The molecule has 0 fully saturated rings. The maximum Gasteiger partial charge on any atom is 0.253 e. The van der Waals surface area contributed by atoms with Gasteiger partial charge < -0.3 is 15.1 Å². The zero-order chi connectivity index (χ0) is 18.4. The third-order valence-electron chi connectivity index (χ3n) is 3.93. The molecule has 0 heterocycles. The van der Waals surface area contributed by atoms with Crippen LogP contribution in [0.25, 0.3) is 0 Å². The third-order valence-corrected chi connectivity index (χ3v) is 3.93. The first-order valence-electron chi connectivity index (χ1n) is 8.24. The van der Waals surface area contributed by atoms with E-state index in [9.17, 15) is 9.59 Å². The molecule has 132 valence electrons. The van der Waals surface area contributed by atoms with Crippen molar-refractivity contribution in [3.8, 4) is 0 Å². The fourth-order valence-corrected chi connectivity index (χ4v) is 2.45. The highest BCUT2D eigenvalue weighted by Crippen LogP contribution is 2.12. The van der Waals surface area contributed by atoms with Gasteiger partial charge in [0.15, 0.2) is 0 Å². The minimum absolute atomic E-state index is 0.0214. The number of amides is 2. The van der Waals surface area contributed by atoms with E-state index in [0.29, 0.717) is 24.1 Å². The van der Waals surface area contributed by atoms with Gasteiger partial charge in [-0.15, -0.1) is 0 Å². The number of carbonyl (C=O) groups is 2. The van der Waals surface area contributed by atoms with Gasteiger partial charge in [0.2, 0.25) is 0 Å². The summed E-state index contributed by atoms with van der Waals surface area (Å²) in [4.78, 5) is 27.7. The van der Waals surface area contributed by atoms with Crippen LogP contribution in [0.3, 0.4) is 0 Å². The molecule has 1 N–H and O–H groups in total.